The zero-order valence-corrected chi connectivity index (χ0v) is 16.1. The van der Waals surface area contributed by atoms with E-state index in [2.05, 4.69) is 4.90 Å². The monoisotopic (exact) mass is 376 g/mol. The molecule has 1 aliphatic heterocycles. The van der Waals surface area contributed by atoms with Crippen LogP contribution in [-0.4, -0.2) is 53.1 Å². The predicted molar refractivity (Wildman–Crippen MR) is 102 cm³/mol. The number of piperazine rings is 1. The van der Waals surface area contributed by atoms with Gasteiger partial charge in [-0.25, -0.2) is 8.42 Å². The molecule has 140 valence electrons. The van der Waals surface area contributed by atoms with Crippen LogP contribution in [0.15, 0.2) is 47.4 Å². The van der Waals surface area contributed by atoms with Gasteiger partial charge in [-0.2, -0.15) is 4.31 Å². The predicted octanol–water partition coefficient (Wildman–Crippen LogP) is 2.52. The van der Waals surface area contributed by atoms with Gasteiger partial charge in [0, 0.05) is 37.9 Å². The molecule has 1 saturated heterocycles. The minimum absolute atomic E-state index is 0.341. The van der Waals surface area contributed by atoms with Crippen LogP contribution >= 0.6 is 0 Å². The Balaban J connectivity index is 1.74. The molecule has 0 amide bonds. The maximum Gasteiger partial charge on any atom is 0.243 e. The maximum absolute atomic E-state index is 13.0. The number of methoxy groups -OCH3 is 2. The Morgan fingerprint density at radius 3 is 2.15 bits per heavy atom. The number of rotatable bonds is 5. The van der Waals surface area contributed by atoms with Crippen molar-refractivity contribution < 1.29 is 17.9 Å². The molecule has 3 rings (SSSR count). The van der Waals surface area contributed by atoms with E-state index in [9.17, 15) is 8.42 Å². The lowest BCUT2D eigenvalue weighted by Crippen LogP contribution is -2.48. The second-order valence-corrected chi connectivity index (χ2v) is 8.13. The standard InChI is InChI=1S/C19H24N2O4S/c1-15-13-18(25-3)7-8-19(15)26(22,23)21-11-9-20(10-12-21)16-5-4-6-17(14-16)24-2/h4-8,13-14H,9-12H2,1-3H3. The van der Waals surface area contributed by atoms with Gasteiger partial charge in [0.05, 0.1) is 19.1 Å². The van der Waals surface area contributed by atoms with Crippen LogP contribution in [0.1, 0.15) is 5.56 Å². The minimum atomic E-state index is -3.51. The van der Waals surface area contributed by atoms with Crippen molar-refractivity contribution in [3.05, 3.63) is 48.0 Å². The van der Waals surface area contributed by atoms with Crippen LogP contribution in [-0.2, 0) is 10.0 Å². The van der Waals surface area contributed by atoms with Crippen LogP contribution in [0.4, 0.5) is 5.69 Å². The van der Waals surface area contributed by atoms with Crippen molar-refractivity contribution >= 4 is 15.7 Å². The highest BCUT2D eigenvalue weighted by Gasteiger charge is 2.29. The van der Waals surface area contributed by atoms with Gasteiger partial charge in [0.25, 0.3) is 0 Å². The number of hydrogen-bond acceptors (Lipinski definition) is 5. The summed E-state index contributed by atoms with van der Waals surface area (Å²) in [5.74, 6) is 1.45. The van der Waals surface area contributed by atoms with E-state index < -0.39 is 10.0 Å². The van der Waals surface area contributed by atoms with E-state index in [4.69, 9.17) is 9.47 Å². The molecule has 2 aromatic carbocycles. The summed E-state index contributed by atoms with van der Waals surface area (Å²) < 4.78 is 38.0. The average molecular weight is 376 g/mol. The topological polar surface area (TPSA) is 59.1 Å². The molecule has 2 aromatic rings. The smallest absolute Gasteiger partial charge is 0.243 e. The Kier molecular flexibility index (Phi) is 5.38. The molecule has 0 bridgehead atoms. The van der Waals surface area contributed by atoms with Crippen LogP contribution in [0.25, 0.3) is 0 Å². The quantitative estimate of drug-likeness (QED) is 0.803. The first-order chi connectivity index (χ1) is 12.5. The van der Waals surface area contributed by atoms with E-state index in [1.807, 2.05) is 24.3 Å². The molecule has 6 nitrogen and oxygen atoms in total. The molecule has 0 saturated carbocycles. The van der Waals surface area contributed by atoms with Gasteiger partial charge in [-0.15, -0.1) is 0 Å². The van der Waals surface area contributed by atoms with Crippen molar-refractivity contribution in [1.82, 2.24) is 4.31 Å². The fraction of sp³-hybridized carbons (Fsp3) is 0.368. The third-order valence-corrected chi connectivity index (χ3v) is 6.72. The number of nitrogens with zero attached hydrogens (tertiary/aromatic N) is 2. The minimum Gasteiger partial charge on any atom is -0.497 e. The lowest BCUT2D eigenvalue weighted by molar-refractivity contribution is 0.383. The molecule has 0 N–H and O–H groups in total. The highest BCUT2D eigenvalue weighted by Crippen LogP contribution is 2.27. The van der Waals surface area contributed by atoms with Crippen LogP contribution in [0.2, 0.25) is 0 Å². The fourth-order valence-electron chi connectivity index (χ4n) is 3.17. The van der Waals surface area contributed by atoms with E-state index >= 15 is 0 Å². The fourth-order valence-corrected chi connectivity index (χ4v) is 4.80. The van der Waals surface area contributed by atoms with E-state index in [-0.39, 0.29) is 0 Å². The Labute approximate surface area is 155 Å². The Hall–Kier alpha value is -2.25. The van der Waals surface area contributed by atoms with Gasteiger partial charge in [0.15, 0.2) is 0 Å². The van der Waals surface area contributed by atoms with Crippen molar-refractivity contribution in [2.75, 3.05) is 45.3 Å². The molecular weight excluding hydrogens is 352 g/mol. The molecule has 0 aliphatic carbocycles. The summed E-state index contributed by atoms with van der Waals surface area (Å²) in [4.78, 5) is 2.52. The van der Waals surface area contributed by atoms with Crippen LogP contribution < -0.4 is 14.4 Å². The normalized spacial score (nSPS) is 15.7. The Morgan fingerprint density at radius 2 is 1.54 bits per heavy atom. The second kappa shape index (κ2) is 7.55. The summed E-state index contributed by atoms with van der Waals surface area (Å²) in [6.07, 6.45) is 0. The molecule has 0 radical (unpaired) electrons. The molecule has 0 aromatic heterocycles. The van der Waals surface area contributed by atoms with Crippen LogP contribution in [0.5, 0.6) is 11.5 Å². The van der Waals surface area contributed by atoms with E-state index in [0.717, 1.165) is 11.4 Å². The van der Waals surface area contributed by atoms with E-state index in [1.54, 1.807) is 43.6 Å². The van der Waals surface area contributed by atoms with Crippen molar-refractivity contribution in [3.63, 3.8) is 0 Å². The number of hydrogen-bond donors (Lipinski definition) is 0. The maximum atomic E-state index is 13.0. The van der Waals surface area contributed by atoms with Gasteiger partial charge in [-0.05, 0) is 42.8 Å². The van der Waals surface area contributed by atoms with Gasteiger partial charge in [0.1, 0.15) is 11.5 Å². The first kappa shape index (κ1) is 18.5. The third kappa shape index (κ3) is 3.64. The first-order valence-corrected chi connectivity index (χ1v) is 9.93. The van der Waals surface area contributed by atoms with Gasteiger partial charge in [-0.1, -0.05) is 6.07 Å². The number of benzene rings is 2. The molecule has 26 heavy (non-hydrogen) atoms. The average Bonchev–Trinajstić information content (AvgIpc) is 2.67. The van der Waals surface area contributed by atoms with Crippen LogP contribution in [0.3, 0.4) is 0 Å². The lowest BCUT2D eigenvalue weighted by atomic mass is 10.2. The summed E-state index contributed by atoms with van der Waals surface area (Å²) >= 11 is 0. The first-order valence-electron chi connectivity index (χ1n) is 8.49. The number of sulfonamides is 1. The van der Waals surface area contributed by atoms with E-state index in [1.165, 1.54) is 0 Å². The summed E-state index contributed by atoms with van der Waals surface area (Å²) in [5, 5.41) is 0. The number of anilines is 1. The Bertz CT molecular complexity index is 875. The van der Waals surface area contributed by atoms with Crippen LogP contribution in [0, 0.1) is 6.92 Å². The van der Waals surface area contributed by atoms with Gasteiger partial charge in [-0.3, -0.25) is 0 Å². The third-order valence-electron chi connectivity index (χ3n) is 4.66. The molecule has 0 unspecified atom stereocenters. The lowest BCUT2D eigenvalue weighted by Gasteiger charge is -2.35. The van der Waals surface area contributed by atoms with Crippen molar-refractivity contribution in [3.8, 4) is 11.5 Å². The molecule has 1 aliphatic rings. The summed E-state index contributed by atoms with van der Waals surface area (Å²) in [5.41, 5.74) is 1.74. The highest BCUT2D eigenvalue weighted by molar-refractivity contribution is 7.89. The molecule has 0 spiro atoms. The molecule has 7 heteroatoms. The summed E-state index contributed by atoms with van der Waals surface area (Å²) in [6.45, 7) is 3.97. The van der Waals surface area contributed by atoms with E-state index in [0.29, 0.717) is 42.4 Å². The number of aryl methyl sites for hydroxylation is 1. The second-order valence-electron chi connectivity index (χ2n) is 6.22. The summed E-state index contributed by atoms with van der Waals surface area (Å²) in [7, 11) is -0.300. The van der Waals surface area contributed by atoms with Gasteiger partial charge in [0.2, 0.25) is 10.0 Å². The highest BCUT2D eigenvalue weighted by atomic mass is 32.2. The Morgan fingerprint density at radius 1 is 0.885 bits per heavy atom. The molecular formula is C19H24N2O4S. The van der Waals surface area contributed by atoms with Gasteiger partial charge < -0.3 is 14.4 Å². The number of ether oxygens (including phenoxy) is 2. The van der Waals surface area contributed by atoms with Gasteiger partial charge >= 0.3 is 0 Å². The molecule has 1 heterocycles. The molecule has 1 fully saturated rings. The zero-order valence-electron chi connectivity index (χ0n) is 15.3. The van der Waals surface area contributed by atoms with Crippen molar-refractivity contribution in [2.24, 2.45) is 0 Å². The summed E-state index contributed by atoms with van der Waals surface area (Å²) in [6, 6.07) is 12.9. The largest absolute Gasteiger partial charge is 0.497 e. The molecule has 0 atom stereocenters. The van der Waals surface area contributed by atoms with Crippen molar-refractivity contribution in [1.29, 1.82) is 0 Å². The zero-order chi connectivity index (χ0) is 18.7. The van der Waals surface area contributed by atoms with Crippen molar-refractivity contribution in [2.45, 2.75) is 11.8 Å². The SMILES string of the molecule is COc1cccc(N2CCN(S(=O)(=O)c3ccc(OC)cc3C)CC2)c1.